The van der Waals surface area contributed by atoms with Crippen LogP contribution in [0.2, 0.25) is 0 Å². The smallest absolute Gasteiger partial charge is 0.227 e. The molecule has 0 spiro atoms. The minimum absolute atomic E-state index is 0.151. The first-order chi connectivity index (χ1) is 7.61. The lowest BCUT2D eigenvalue weighted by Gasteiger charge is -2.30. The average Bonchev–Trinajstić information content (AvgIpc) is 2.85. The second-order valence-corrected chi connectivity index (χ2v) is 5.12. The molecule has 0 aromatic carbocycles. The topological polar surface area (TPSA) is 41.6 Å². The Morgan fingerprint density at radius 1 is 1.38 bits per heavy atom. The molecule has 0 aromatic rings. The van der Waals surface area contributed by atoms with Gasteiger partial charge >= 0.3 is 0 Å². The van der Waals surface area contributed by atoms with E-state index in [0.29, 0.717) is 5.92 Å². The molecule has 2 fully saturated rings. The van der Waals surface area contributed by atoms with Crippen LogP contribution in [-0.4, -0.2) is 49.7 Å². The van der Waals surface area contributed by atoms with Gasteiger partial charge in [0, 0.05) is 20.2 Å². The maximum Gasteiger partial charge on any atom is 0.227 e. The Kier molecular flexibility index (Phi) is 3.50. The fraction of sp³-hybridized carbons (Fsp3) is 0.917. The van der Waals surface area contributed by atoms with Gasteiger partial charge in [-0.15, -0.1) is 0 Å². The zero-order valence-corrected chi connectivity index (χ0v) is 10.4. The Bertz CT molecular complexity index is 270. The van der Waals surface area contributed by atoms with Crippen LogP contribution in [0.4, 0.5) is 0 Å². The summed E-state index contributed by atoms with van der Waals surface area (Å²) >= 11 is 0. The van der Waals surface area contributed by atoms with Gasteiger partial charge in [-0.05, 0) is 25.8 Å². The van der Waals surface area contributed by atoms with Crippen molar-refractivity contribution in [1.29, 1.82) is 0 Å². The highest BCUT2D eigenvalue weighted by molar-refractivity contribution is 5.80. The van der Waals surface area contributed by atoms with Crippen molar-refractivity contribution in [2.24, 2.45) is 11.8 Å². The molecule has 2 aliphatic rings. The Morgan fingerprint density at radius 2 is 2.12 bits per heavy atom. The van der Waals surface area contributed by atoms with Gasteiger partial charge in [-0.25, -0.2) is 0 Å². The molecule has 1 N–H and O–H groups in total. The highest BCUT2D eigenvalue weighted by atomic mass is 16.5. The predicted octanol–water partition coefficient (Wildman–Crippen LogP) is 0.478. The monoisotopic (exact) mass is 226 g/mol. The number of rotatable bonds is 2. The van der Waals surface area contributed by atoms with Crippen LogP contribution in [0, 0.1) is 11.8 Å². The molecule has 4 atom stereocenters. The molecule has 2 heterocycles. The van der Waals surface area contributed by atoms with Gasteiger partial charge in [0.15, 0.2) is 0 Å². The average molecular weight is 226 g/mol. The van der Waals surface area contributed by atoms with Gasteiger partial charge in [0.1, 0.15) is 0 Å². The molecule has 4 heteroatoms. The summed E-state index contributed by atoms with van der Waals surface area (Å²) in [6.45, 7) is 6.76. The van der Waals surface area contributed by atoms with Gasteiger partial charge in [0.05, 0.1) is 18.1 Å². The molecular weight excluding hydrogens is 204 g/mol. The van der Waals surface area contributed by atoms with Crippen LogP contribution in [0.15, 0.2) is 0 Å². The third-order valence-corrected chi connectivity index (χ3v) is 4.02. The van der Waals surface area contributed by atoms with Gasteiger partial charge < -0.3 is 15.0 Å². The molecule has 92 valence electrons. The molecule has 2 rings (SSSR count). The molecule has 16 heavy (non-hydrogen) atoms. The lowest BCUT2D eigenvalue weighted by Crippen LogP contribution is -2.45. The third-order valence-electron chi connectivity index (χ3n) is 4.02. The Balaban J connectivity index is 1.98. The van der Waals surface area contributed by atoms with Crippen LogP contribution in [-0.2, 0) is 9.53 Å². The third kappa shape index (κ3) is 2.09. The Labute approximate surface area is 97.3 Å². The lowest BCUT2D eigenvalue weighted by atomic mass is 9.95. The van der Waals surface area contributed by atoms with Gasteiger partial charge in [0.25, 0.3) is 0 Å². The molecular formula is C12H22N2O2. The van der Waals surface area contributed by atoms with E-state index in [1.165, 1.54) is 0 Å². The maximum absolute atomic E-state index is 12.3. The predicted molar refractivity (Wildman–Crippen MR) is 62.1 cm³/mol. The van der Waals surface area contributed by atoms with Crippen molar-refractivity contribution < 1.29 is 9.53 Å². The number of carbonyl (C=O) groups excluding carboxylic acids is 1. The van der Waals surface area contributed by atoms with Crippen molar-refractivity contribution in [2.75, 3.05) is 26.7 Å². The number of carbonyl (C=O) groups is 1. The van der Waals surface area contributed by atoms with E-state index in [0.717, 1.165) is 26.1 Å². The summed E-state index contributed by atoms with van der Waals surface area (Å²) in [4.78, 5) is 14.2. The van der Waals surface area contributed by atoms with Gasteiger partial charge in [0.2, 0.25) is 5.91 Å². The van der Waals surface area contributed by atoms with Gasteiger partial charge in [-0.3, -0.25) is 4.79 Å². The summed E-state index contributed by atoms with van der Waals surface area (Å²) in [5.74, 6) is 0.880. The zero-order valence-electron chi connectivity index (χ0n) is 10.4. The number of hydrogen-bond donors (Lipinski definition) is 1. The van der Waals surface area contributed by atoms with Crippen LogP contribution in [0.3, 0.4) is 0 Å². The largest absolute Gasteiger partial charge is 0.376 e. The van der Waals surface area contributed by atoms with Gasteiger partial charge in [-0.2, -0.15) is 0 Å². The van der Waals surface area contributed by atoms with E-state index in [9.17, 15) is 4.79 Å². The normalized spacial score (nSPS) is 38.9. The van der Waals surface area contributed by atoms with E-state index in [1.807, 2.05) is 11.9 Å². The quantitative estimate of drug-likeness (QED) is 0.744. The first kappa shape index (κ1) is 11.9. The van der Waals surface area contributed by atoms with Crippen LogP contribution < -0.4 is 5.32 Å². The first-order valence-electron chi connectivity index (χ1n) is 6.20. The minimum atomic E-state index is 0.151. The molecule has 0 aliphatic carbocycles. The highest BCUT2D eigenvalue weighted by Crippen LogP contribution is 2.23. The van der Waals surface area contributed by atoms with Crippen LogP contribution >= 0.6 is 0 Å². The summed E-state index contributed by atoms with van der Waals surface area (Å²) in [6.07, 6.45) is 1.15. The summed E-state index contributed by atoms with van der Waals surface area (Å²) in [7, 11) is 1.92. The number of nitrogens with zero attached hydrogens (tertiary/aromatic N) is 1. The van der Waals surface area contributed by atoms with Crippen LogP contribution in [0.1, 0.15) is 20.3 Å². The Morgan fingerprint density at radius 3 is 2.62 bits per heavy atom. The molecule has 4 nitrogen and oxygen atoms in total. The summed E-state index contributed by atoms with van der Waals surface area (Å²) in [5, 5.41) is 3.28. The van der Waals surface area contributed by atoms with E-state index < -0.39 is 0 Å². The minimum Gasteiger partial charge on any atom is -0.376 e. The van der Waals surface area contributed by atoms with E-state index in [4.69, 9.17) is 4.74 Å². The fourth-order valence-corrected chi connectivity index (χ4v) is 2.79. The van der Waals surface area contributed by atoms with Crippen molar-refractivity contribution >= 4 is 5.91 Å². The van der Waals surface area contributed by atoms with Crippen molar-refractivity contribution in [2.45, 2.75) is 32.4 Å². The lowest BCUT2D eigenvalue weighted by molar-refractivity contribution is -0.137. The van der Waals surface area contributed by atoms with Gasteiger partial charge in [-0.1, -0.05) is 6.92 Å². The first-order valence-corrected chi connectivity index (χ1v) is 6.20. The van der Waals surface area contributed by atoms with Crippen molar-refractivity contribution in [3.8, 4) is 0 Å². The standard InChI is InChI=1S/C12H22N2O2/c1-8-6-13-7-10(8)12(15)14(3)11-4-5-16-9(11)2/h8-11,13H,4-7H2,1-3H3. The molecule has 2 saturated heterocycles. The number of nitrogens with one attached hydrogen (secondary N) is 1. The van der Waals surface area contributed by atoms with E-state index in [1.54, 1.807) is 0 Å². The summed E-state index contributed by atoms with van der Waals surface area (Å²) in [6, 6.07) is 0.264. The second kappa shape index (κ2) is 4.72. The molecule has 1 amide bonds. The molecule has 0 radical (unpaired) electrons. The summed E-state index contributed by atoms with van der Waals surface area (Å²) in [5.41, 5.74) is 0. The SMILES string of the molecule is CC1CNCC1C(=O)N(C)C1CCOC1C. The Hall–Kier alpha value is -0.610. The highest BCUT2D eigenvalue weighted by Gasteiger charge is 2.37. The van der Waals surface area contributed by atoms with Crippen molar-refractivity contribution in [3.05, 3.63) is 0 Å². The maximum atomic E-state index is 12.3. The molecule has 4 unspecified atom stereocenters. The molecule has 0 bridgehead atoms. The number of ether oxygens (including phenoxy) is 1. The van der Waals surface area contributed by atoms with Crippen LogP contribution in [0.5, 0.6) is 0 Å². The van der Waals surface area contributed by atoms with E-state index >= 15 is 0 Å². The number of amides is 1. The fourth-order valence-electron chi connectivity index (χ4n) is 2.79. The van der Waals surface area contributed by atoms with Crippen molar-refractivity contribution in [1.82, 2.24) is 10.2 Å². The van der Waals surface area contributed by atoms with E-state index in [-0.39, 0.29) is 24.0 Å². The zero-order chi connectivity index (χ0) is 11.7. The number of likely N-dealkylation sites (N-methyl/N-ethyl adjacent to an activating group) is 1. The van der Waals surface area contributed by atoms with Crippen LogP contribution in [0.25, 0.3) is 0 Å². The number of hydrogen-bond acceptors (Lipinski definition) is 3. The molecule has 0 aromatic heterocycles. The van der Waals surface area contributed by atoms with Crippen molar-refractivity contribution in [3.63, 3.8) is 0 Å². The molecule has 0 saturated carbocycles. The molecule has 2 aliphatic heterocycles. The van der Waals surface area contributed by atoms with E-state index in [2.05, 4.69) is 19.2 Å². The second-order valence-electron chi connectivity index (χ2n) is 5.12. The summed E-state index contributed by atoms with van der Waals surface area (Å²) < 4.78 is 5.52.